The number of nitrogens with zero attached hydrogens (tertiary/aromatic N) is 1. The Hall–Kier alpha value is -0.760. The Kier molecular flexibility index (Phi) is 4.02. The first-order valence-corrected chi connectivity index (χ1v) is 8.31. The highest BCUT2D eigenvalue weighted by molar-refractivity contribution is 8.00. The largest absolute Gasteiger partial charge is 0.480 e. The summed E-state index contributed by atoms with van der Waals surface area (Å²) in [5.41, 5.74) is 0. The third kappa shape index (κ3) is 2.49. The molecule has 0 bridgehead atoms. The third-order valence-electron chi connectivity index (χ3n) is 3.18. The lowest BCUT2D eigenvalue weighted by Gasteiger charge is -2.32. The van der Waals surface area contributed by atoms with E-state index in [4.69, 9.17) is 5.11 Å². The van der Waals surface area contributed by atoms with Crippen LogP contribution in [0.5, 0.6) is 0 Å². The molecule has 6 nitrogen and oxygen atoms in total. The van der Waals surface area contributed by atoms with E-state index in [9.17, 15) is 18.0 Å². The van der Waals surface area contributed by atoms with Crippen LogP contribution in [0.25, 0.3) is 0 Å². The fourth-order valence-electron chi connectivity index (χ4n) is 1.61. The lowest BCUT2D eigenvalue weighted by atomic mass is 10.1. The maximum absolute atomic E-state index is 12.3. The predicted octanol–water partition coefficient (Wildman–Crippen LogP) is 0.184. The summed E-state index contributed by atoms with van der Waals surface area (Å²) in [5, 5.41) is 8.73. The van der Waals surface area contributed by atoms with Crippen LogP contribution in [0.15, 0.2) is 0 Å². The fraction of sp³-hybridized carbons (Fsp3) is 0.800. The maximum Gasteiger partial charge on any atom is 0.327 e. The van der Waals surface area contributed by atoms with E-state index in [1.54, 1.807) is 6.92 Å². The molecule has 1 aliphatic heterocycles. The maximum atomic E-state index is 12.3. The molecular weight excluding hydrogens is 278 g/mol. The number of sulfone groups is 1. The van der Waals surface area contributed by atoms with Crippen LogP contribution in [0.2, 0.25) is 0 Å². The summed E-state index contributed by atoms with van der Waals surface area (Å²) in [6.45, 7) is 4.31. The summed E-state index contributed by atoms with van der Waals surface area (Å²) in [5.74, 6) is -1.48. The van der Waals surface area contributed by atoms with E-state index < -0.39 is 32.5 Å². The number of aliphatic carboxylic acids is 1. The molecule has 2 atom stereocenters. The second-order valence-electron chi connectivity index (χ2n) is 4.78. The van der Waals surface area contributed by atoms with Gasteiger partial charge in [0.05, 0.1) is 5.37 Å². The zero-order chi connectivity index (χ0) is 14.3. The van der Waals surface area contributed by atoms with Gasteiger partial charge in [0.25, 0.3) is 0 Å². The van der Waals surface area contributed by atoms with E-state index in [1.807, 2.05) is 0 Å². The lowest BCUT2D eigenvalue weighted by molar-refractivity contribution is -0.149. The molecule has 1 N–H and O–H groups in total. The number of carbonyl (C=O) groups is 2. The van der Waals surface area contributed by atoms with Gasteiger partial charge in [0, 0.05) is 12.0 Å². The Morgan fingerprint density at radius 2 is 1.89 bits per heavy atom. The van der Waals surface area contributed by atoms with Crippen LogP contribution in [-0.4, -0.2) is 58.5 Å². The predicted molar refractivity (Wildman–Crippen MR) is 69.1 cm³/mol. The van der Waals surface area contributed by atoms with Crippen molar-refractivity contribution in [2.24, 2.45) is 0 Å². The smallest absolute Gasteiger partial charge is 0.327 e. The Balaban J connectivity index is 3.13. The number of amides is 1. The van der Waals surface area contributed by atoms with E-state index >= 15 is 0 Å². The number of carboxylic acid groups (broad SMARTS) is 1. The standard InChI is InChI=1S/C10H17NO5S2/c1-6-11(7(5-17-6)8(12)13)9(14)10(2,3)18(4,15)16/h6-7H,5H2,1-4H3,(H,12,13). The zero-order valence-corrected chi connectivity index (χ0v) is 12.3. The van der Waals surface area contributed by atoms with Gasteiger partial charge in [-0.1, -0.05) is 0 Å². The van der Waals surface area contributed by atoms with Gasteiger partial charge < -0.3 is 10.0 Å². The highest BCUT2D eigenvalue weighted by atomic mass is 32.2. The summed E-state index contributed by atoms with van der Waals surface area (Å²) >= 11 is 1.33. The van der Waals surface area contributed by atoms with Gasteiger partial charge in [-0.3, -0.25) is 4.79 Å². The SMILES string of the molecule is CC1SCC(C(=O)O)N1C(=O)C(C)(C)S(C)(=O)=O. The van der Waals surface area contributed by atoms with Crippen molar-refractivity contribution in [1.29, 1.82) is 0 Å². The Bertz CT molecular complexity index is 471. The van der Waals surface area contributed by atoms with Crippen molar-refractivity contribution in [3.63, 3.8) is 0 Å². The number of rotatable bonds is 3. The quantitative estimate of drug-likeness (QED) is 0.799. The summed E-state index contributed by atoms with van der Waals surface area (Å²) in [7, 11) is -3.60. The molecule has 0 saturated carbocycles. The fourth-order valence-corrected chi connectivity index (χ4v) is 3.20. The average Bonchev–Trinajstić information content (AvgIpc) is 2.57. The molecule has 1 heterocycles. The molecule has 0 radical (unpaired) electrons. The first-order chi connectivity index (χ1) is 8.00. The van der Waals surface area contributed by atoms with E-state index in [-0.39, 0.29) is 11.1 Å². The van der Waals surface area contributed by atoms with Crippen molar-refractivity contribution < 1.29 is 23.1 Å². The second kappa shape index (κ2) is 4.73. The highest BCUT2D eigenvalue weighted by Gasteiger charge is 2.48. The molecule has 8 heteroatoms. The number of hydrogen-bond donors (Lipinski definition) is 1. The molecule has 0 spiro atoms. The lowest BCUT2D eigenvalue weighted by Crippen LogP contribution is -2.55. The average molecular weight is 295 g/mol. The van der Waals surface area contributed by atoms with Gasteiger partial charge in [0.1, 0.15) is 10.8 Å². The van der Waals surface area contributed by atoms with Crippen LogP contribution in [0.1, 0.15) is 20.8 Å². The second-order valence-corrected chi connectivity index (χ2v) is 8.70. The van der Waals surface area contributed by atoms with Gasteiger partial charge in [-0.15, -0.1) is 11.8 Å². The van der Waals surface area contributed by atoms with Crippen molar-refractivity contribution in [3.05, 3.63) is 0 Å². The molecule has 2 unspecified atom stereocenters. The molecule has 18 heavy (non-hydrogen) atoms. The molecular formula is C10H17NO5S2. The Labute approximate surface area is 111 Å². The van der Waals surface area contributed by atoms with Crippen LogP contribution in [-0.2, 0) is 19.4 Å². The monoisotopic (exact) mass is 295 g/mol. The topological polar surface area (TPSA) is 91.8 Å². The normalized spacial score (nSPS) is 25.2. The first-order valence-electron chi connectivity index (χ1n) is 5.37. The zero-order valence-electron chi connectivity index (χ0n) is 10.7. The van der Waals surface area contributed by atoms with Gasteiger partial charge >= 0.3 is 5.97 Å². The van der Waals surface area contributed by atoms with E-state index in [0.717, 1.165) is 11.2 Å². The summed E-state index contributed by atoms with van der Waals surface area (Å²) < 4.78 is 21.7. The molecule has 1 amide bonds. The van der Waals surface area contributed by atoms with Crippen molar-refractivity contribution in [3.8, 4) is 0 Å². The Morgan fingerprint density at radius 1 is 1.39 bits per heavy atom. The van der Waals surface area contributed by atoms with Crippen LogP contribution in [0.4, 0.5) is 0 Å². The van der Waals surface area contributed by atoms with Crippen LogP contribution < -0.4 is 0 Å². The molecule has 0 aromatic heterocycles. The van der Waals surface area contributed by atoms with Crippen molar-refractivity contribution in [2.45, 2.75) is 36.9 Å². The minimum Gasteiger partial charge on any atom is -0.480 e. The van der Waals surface area contributed by atoms with Crippen molar-refractivity contribution in [1.82, 2.24) is 4.90 Å². The van der Waals surface area contributed by atoms with Crippen LogP contribution >= 0.6 is 11.8 Å². The van der Waals surface area contributed by atoms with Crippen molar-refractivity contribution >= 4 is 33.5 Å². The van der Waals surface area contributed by atoms with Crippen molar-refractivity contribution in [2.75, 3.05) is 12.0 Å². The molecule has 1 aliphatic rings. The molecule has 1 rings (SSSR count). The van der Waals surface area contributed by atoms with Gasteiger partial charge in [-0.25, -0.2) is 13.2 Å². The number of hydrogen-bond acceptors (Lipinski definition) is 5. The first kappa shape index (κ1) is 15.3. The van der Waals surface area contributed by atoms with Gasteiger partial charge in [-0.2, -0.15) is 0 Å². The van der Waals surface area contributed by atoms with Crippen LogP contribution in [0, 0.1) is 0 Å². The minimum atomic E-state index is -3.60. The summed E-state index contributed by atoms with van der Waals surface area (Å²) in [4.78, 5) is 24.6. The van der Waals surface area contributed by atoms with Gasteiger partial charge in [0.15, 0.2) is 9.84 Å². The highest BCUT2D eigenvalue weighted by Crippen LogP contribution is 2.32. The molecule has 104 valence electrons. The summed E-state index contributed by atoms with van der Waals surface area (Å²) in [6, 6.07) is -0.960. The molecule has 0 aromatic rings. The number of thioether (sulfide) groups is 1. The summed E-state index contributed by atoms with van der Waals surface area (Å²) in [6.07, 6.45) is 0.981. The van der Waals surface area contributed by atoms with E-state index in [2.05, 4.69) is 0 Å². The molecule has 1 saturated heterocycles. The molecule has 1 fully saturated rings. The van der Waals surface area contributed by atoms with Crippen LogP contribution in [0.3, 0.4) is 0 Å². The van der Waals surface area contributed by atoms with Gasteiger partial charge in [-0.05, 0) is 20.8 Å². The van der Waals surface area contributed by atoms with Gasteiger partial charge in [0.2, 0.25) is 5.91 Å². The molecule has 0 aromatic carbocycles. The van der Waals surface area contributed by atoms with E-state index in [1.165, 1.54) is 25.6 Å². The Morgan fingerprint density at radius 3 is 2.28 bits per heavy atom. The third-order valence-corrected chi connectivity index (χ3v) is 6.43. The molecule has 0 aliphatic carbocycles. The van der Waals surface area contributed by atoms with E-state index in [0.29, 0.717) is 0 Å². The minimum absolute atomic E-state index is 0.280. The number of carboxylic acids is 1. The number of carbonyl (C=O) groups excluding carboxylic acids is 1.